The minimum Gasteiger partial charge on any atom is -0.466 e. The molecule has 6 heteroatoms. The number of carbonyl (C=O) groups excluding carboxylic acids is 1. The normalized spacial score (nSPS) is 20.7. The van der Waals surface area contributed by atoms with Crippen molar-refractivity contribution in [1.82, 2.24) is 10.6 Å². The van der Waals surface area contributed by atoms with Crippen LogP contribution in [-0.4, -0.2) is 37.5 Å². The van der Waals surface area contributed by atoms with E-state index in [1.807, 2.05) is 13.0 Å². The number of hydrogen-bond acceptors (Lipinski definition) is 4. The summed E-state index contributed by atoms with van der Waals surface area (Å²) in [5.41, 5.74) is 1.17. The van der Waals surface area contributed by atoms with Crippen LogP contribution in [0.1, 0.15) is 49.8 Å². The Balaban J connectivity index is 1.90. The van der Waals surface area contributed by atoms with Crippen LogP contribution in [0.2, 0.25) is 0 Å². The van der Waals surface area contributed by atoms with Crippen molar-refractivity contribution in [2.75, 3.05) is 20.3 Å². The number of aliphatic hydroxyl groups excluding tert-OH is 1. The van der Waals surface area contributed by atoms with Gasteiger partial charge in [-0.2, -0.15) is 0 Å². The van der Waals surface area contributed by atoms with Crippen LogP contribution in [0, 0.1) is 12.3 Å². The maximum Gasteiger partial charge on any atom is 0.315 e. The molecule has 23 heavy (non-hydrogen) atoms. The quantitative estimate of drug-likeness (QED) is 0.750. The Morgan fingerprint density at radius 2 is 2.30 bits per heavy atom. The van der Waals surface area contributed by atoms with Crippen LogP contribution in [0.15, 0.2) is 10.5 Å². The highest BCUT2D eigenvalue weighted by Gasteiger charge is 2.35. The Morgan fingerprint density at radius 3 is 3.00 bits per heavy atom. The van der Waals surface area contributed by atoms with Gasteiger partial charge in [0.2, 0.25) is 0 Å². The van der Waals surface area contributed by atoms with E-state index in [0.717, 1.165) is 29.9 Å². The molecule has 1 aliphatic rings. The van der Waals surface area contributed by atoms with Crippen LogP contribution in [0.4, 0.5) is 4.79 Å². The number of nitrogens with one attached hydrogen (secondary N) is 2. The average Bonchev–Trinajstić information content (AvgIpc) is 2.78. The third kappa shape index (κ3) is 4.97. The number of fused-ring (bicyclic) bond motifs is 1. The maximum atomic E-state index is 12.1. The first kappa shape index (κ1) is 17.8. The van der Waals surface area contributed by atoms with Crippen LogP contribution in [0.25, 0.3) is 0 Å². The topological polar surface area (TPSA) is 83.7 Å². The summed E-state index contributed by atoms with van der Waals surface area (Å²) in [5.74, 6) is 1.85. The second kappa shape index (κ2) is 7.36. The number of urea groups is 1. The zero-order valence-electron chi connectivity index (χ0n) is 14.4. The molecule has 2 amide bonds. The standard InChI is InChI=1S/C17H28N2O4/c1-11-7-13-14(8-17(2,3)9-15(13)23-11)19-16(21)18-6-5-12(20)10-22-4/h7,12,14,20H,5-6,8-10H2,1-4H3,(H2,18,19,21). The van der Waals surface area contributed by atoms with Gasteiger partial charge >= 0.3 is 6.03 Å². The smallest absolute Gasteiger partial charge is 0.315 e. The van der Waals surface area contributed by atoms with Crippen molar-refractivity contribution in [2.45, 2.75) is 52.2 Å². The Kier molecular flexibility index (Phi) is 5.70. The van der Waals surface area contributed by atoms with Crippen LogP contribution in [0.3, 0.4) is 0 Å². The molecule has 1 aliphatic carbocycles. The summed E-state index contributed by atoms with van der Waals surface area (Å²) in [5, 5.41) is 15.4. The molecule has 1 aromatic heterocycles. The fraction of sp³-hybridized carbons (Fsp3) is 0.706. The van der Waals surface area contributed by atoms with Gasteiger partial charge in [0.25, 0.3) is 0 Å². The highest BCUT2D eigenvalue weighted by molar-refractivity contribution is 5.74. The van der Waals surface area contributed by atoms with Gasteiger partial charge < -0.3 is 24.9 Å². The molecule has 0 saturated carbocycles. The van der Waals surface area contributed by atoms with E-state index in [0.29, 0.717) is 13.0 Å². The van der Waals surface area contributed by atoms with Gasteiger partial charge in [-0.15, -0.1) is 0 Å². The maximum absolute atomic E-state index is 12.1. The Labute approximate surface area is 137 Å². The number of rotatable bonds is 6. The number of aryl methyl sites for hydroxylation is 1. The van der Waals surface area contributed by atoms with E-state index in [2.05, 4.69) is 24.5 Å². The number of methoxy groups -OCH3 is 1. The van der Waals surface area contributed by atoms with E-state index in [1.165, 1.54) is 0 Å². The molecule has 2 atom stereocenters. The summed E-state index contributed by atoms with van der Waals surface area (Å²) in [6.45, 7) is 6.98. The summed E-state index contributed by atoms with van der Waals surface area (Å²) in [6.07, 6.45) is 1.67. The van der Waals surface area contributed by atoms with Gasteiger partial charge in [-0.3, -0.25) is 0 Å². The molecular formula is C17H28N2O4. The zero-order chi connectivity index (χ0) is 17.0. The molecule has 0 radical (unpaired) electrons. The van der Waals surface area contributed by atoms with Crippen LogP contribution >= 0.6 is 0 Å². The molecule has 2 rings (SSSR count). The number of hydrogen-bond donors (Lipinski definition) is 3. The molecule has 6 nitrogen and oxygen atoms in total. The predicted molar refractivity (Wildman–Crippen MR) is 87.3 cm³/mol. The van der Waals surface area contributed by atoms with Crippen LogP contribution < -0.4 is 10.6 Å². The first-order valence-corrected chi connectivity index (χ1v) is 8.11. The monoisotopic (exact) mass is 324 g/mol. The molecule has 0 aromatic carbocycles. The van der Waals surface area contributed by atoms with Crippen molar-refractivity contribution in [3.05, 3.63) is 23.2 Å². The van der Waals surface area contributed by atoms with E-state index < -0.39 is 6.10 Å². The number of furan rings is 1. The van der Waals surface area contributed by atoms with Gasteiger partial charge in [-0.05, 0) is 31.2 Å². The highest BCUT2D eigenvalue weighted by Crippen LogP contribution is 2.41. The zero-order valence-corrected chi connectivity index (χ0v) is 14.4. The predicted octanol–water partition coefficient (Wildman–Crippen LogP) is 2.30. The lowest BCUT2D eigenvalue weighted by atomic mass is 9.75. The molecule has 0 bridgehead atoms. The SMILES string of the molecule is COCC(O)CCNC(=O)NC1CC(C)(C)Cc2oc(C)cc21. The third-order valence-electron chi connectivity index (χ3n) is 4.16. The van der Waals surface area contributed by atoms with Crippen molar-refractivity contribution < 1.29 is 19.1 Å². The lowest BCUT2D eigenvalue weighted by Gasteiger charge is -2.34. The molecule has 1 aromatic rings. The van der Waals surface area contributed by atoms with E-state index in [9.17, 15) is 9.90 Å². The van der Waals surface area contributed by atoms with Crippen molar-refractivity contribution in [3.63, 3.8) is 0 Å². The Bertz CT molecular complexity index is 539. The molecule has 0 fully saturated rings. The number of aliphatic hydroxyl groups is 1. The van der Waals surface area contributed by atoms with Gasteiger partial charge in [-0.1, -0.05) is 13.8 Å². The lowest BCUT2D eigenvalue weighted by Crippen LogP contribution is -2.42. The van der Waals surface area contributed by atoms with Gasteiger partial charge in [0, 0.05) is 25.6 Å². The summed E-state index contributed by atoms with van der Waals surface area (Å²) >= 11 is 0. The highest BCUT2D eigenvalue weighted by atomic mass is 16.5. The lowest BCUT2D eigenvalue weighted by molar-refractivity contribution is 0.0598. The fourth-order valence-corrected chi connectivity index (χ4v) is 3.15. The third-order valence-corrected chi connectivity index (χ3v) is 4.16. The number of amides is 2. The van der Waals surface area contributed by atoms with Crippen molar-refractivity contribution >= 4 is 6.03 Å². The van der Waals surface area contributed by atoms with Gasteiger partial charge in [-0.25, -0.2) is 4.79 Å². The average molecular weight is 324 g/mol. The number of ether oxygens (including phenoxy) is 1. The summed E-state index contributed by atoms with van der Waals surface area (Å²) in [6, 6.07) is 1.75. The Hall–Kier alpha value is -1.53. The van der Waals surface area contributed by atoms with E-state index in [-0.39, 0.29) is 24.1 Å². The van der Waals surface area contributed by atoms with Crippen LogP contribution in [-0.2, 0) is 11.2 Å². The summed E-state index contributed by atoms with van der Waals surface area (Å²) < 4.78 is 10.6. The van der Waals surface area contributed by atoms with Crippen molar-refractivity contribution in [2.24, 2.45) is 5.41 Å². The molecular weight excluding hydrogens is 296 g/mol. The second-order valence-corrected chi connectivity index (χ2v) is 7.13. The first-order valence-electron chi connectivity index (χ1n) is 8.11. The summed E-state index contributed by atoms with van der Waals surface area (Å²) in [7, 11) is 1.54. The van der Waals surface area contributed by atoms with Crippen molar-refractivity contribution in [3.8, 4) is 0 Å². The van der Waals surface area contributed by atoms with Crippen LogP contribution in [0.5, 0.6) is 0 Å². The Morgan fingerprint density at radius 1 is 1.57 bits per heavy atom. The van der Waals surface area contributed by atoms with Gasteiger partial charge in [0.05, 0.1) is 18.8 Å². The van der Waals surface area contributed by atoms with Gasteiger partial charge in [0.15, 0.2) is 0 Å². The minimum atomic E-state index is -0.558. The van der Waals surface area contributed by atoms with E-state index in [1.54, 1.807) is 7.11 Å². The molecule has 1 heterocycles. The molecule has 130 valence electrons. The van der Waals surface area contributed by atoms with E-state index in [4.69, 9.17) is 9.15 Å². The first-order chi connectivity index (χ1) is 10.8. The largest absolute Gasteiger partial charge is 0.466 e. The fourth-order valence-electron chi connectivity index (χ4n) is 3.15. The van der Waals surface area contributed by atoms with E-state index >= 15 is 0 Å². The van der Waals surface area contributed by atoms with Crippen molar-refractivity contribution in [1.29, 1.82) is 0 Å². The van der Waals surface area contributed by atoms with Gasteiger partial charge in [0.1, 0.15) is 11.5 Å². The number of carbonyl (C=O) groups is 1. The minimum absolute atomic E-state index is 0.0462. The molecule has 2 unspecified atom stereocenters. The molecule has 0 spiro atoms. The molecule has 3 N–H and O–H groups in total. The molecule has 0 saturated heterocycles. The second-order valence-electron chi connectivity index (χ2n) is 7.13. The summed E-state index contributed by atoms with van der Waals surface area (Å²) in [4.78, 5) is 12.1. The molecule has 0 aliphatic heterocycles.